The van der Waals surface area contributed by atoms with E-state index in [4.69, 9.17) is 4.74 Å². The lowest BCUT2D eigenvalue weighted by Crippen LogP contribution is -2.48. The van der Waals surface area contributed by atoms with E-state index in [1.54, 1.807) is 11.8 Å². The number of amides is 1. The molecule has 1 N–H and O–H groups in total. The Bertz CT molecular complexity index is 855. The van der Waals surface area contributed by atoms with Crippen LogP contribution in [0.15, 0.2) is 54.6 Å². The van der Waals surface area contributed by atoms with Crippen LogP contribution in [0.5, 0.6) is 0 Å². The van der Waals surface area contributed by atoms with E-state index in [1.807, 2.05) is 82.0 Å². The molecule has 182 valence electrons. The number of thioether (sulfide) groups is 1. The zero-order chi connectivity index (χ0) is 24.8. The van der Waals surface area contributed by atoms with E-state index < -0.39 is 17.5 Å². The van der Waals surface area contributed by atoms with Gasteiger partial charge in [0.15, 0.2) is 0 Å². The Labute approximate surface area is 203 Å². The number of benzene rings is 1. The first-order valence-electron chi connectivity index (χ1n) is 11.6. The van der Waals surface area contributed by atoms with Gasteiger partial charge < -0.3 is 9.84 Å². The van der Waals surface area contributed by atoms with E-state index in [1.165, 1.54) is 0 Å². The normalized spacial score (nSPS) is 20.5. The van der Waals surface area contributed by atoms with Crippen LogP contribution in [-0.4, -0.2) is 44.3 Å². The lowest BCUT2D eigenvalue weighted by atomic mass is 9.91. The number of nitrogens with zero attached hydrogens (tertiary/aromatic N) is 1. The summed E-state index contributed by atoms with van der Waals surface area (Å²) in [5.74, 6) is -0.256. The summed E-state index contributed by atoms with van der Waals surface area (Å²) in [6.07, 6.45) is 8.14. The maximum atomic E-state index is 12.9. The molecule has 33 heavy (non-hydrogen) atoms. The molecule has 1 aliphatic heterocycles. The van der Waals surface area contributed by atoms with Crippen molar-refractivity contribution in [2.45, 2.75) is 71.4 Å². The molecule has 1 aromatic carbocycles. The molecule has 6 heteroatoms. The molecule has 1 fully saturated rings. The van der Waals surface area contributed by atoms with Crippen LogP contribution in [0, 0.1) is 17.8 Å². The number of hydrogen-bond acceptors (Lipinski definition) is 4. The van der Waals surface area contributed by atoms with Crippen molar-refractivity contribution in [2.24, 2.45) is 17.8 Å². The molecule has 2 rings (SSSR count). The zero-order valence-corrected chi connectivity index (χ0v) is 21.8. The number of carbonyl (C=O) groups is 2. The summed E-state index contributed by atoms with van der Waals surface area (Å²) >= 11 is 1.73. The van der Waals surface area contributed by atoms with Crippen LogP contribution in [0.1, 0.15) is 54.0 Å². The van der Waals surface area contributed by atoms with Gasteiger partial charge >= 0.3 is 12.1 Å². The summed E-state index contributed by atoms with van der Waals surface area (Å²) in [7, 11) is 0. The predicted octanol–water partition coefficient (Wildman–Crippen LogP) is 6.40. The summed E-state index contributed by atoms with van der Waals surface area (Å²) in [4.78, 5) is 26.2. The SMILES string of the molecule is CC(C)[C@H](/C=C/[C@@H]1CSC(C)(C)N1C(=O)OC(C)(C)C)/C=C/[C@@H](Cc1ccccc1)C(=O)O. The molecule has 1 amide bonds. The highest BCUT2D eigenvalue weighted by molar-refractivity contribution is 8.00. The van der Waals surface area contributed by atoms with Crippen LogP contribution < -0.4 is 0 Å². The van der Waals surface area contributed by atoms with Crippen molar-refractivity contribution >= 4 is 23.8 Å². The molecule has 0 aromatic heterocycles. The van der Waals surface area contributed by atoms with E-state index >= 15 is 0 Å². The van der Waals surface area contributed by atoms with Gasteiger partial charge in [-0.25, -0.2) is 4.79 Å². The summed E-state index contributed by atoms with van der Waals surface area (Å²) in [6, 6.07) is 9.61. The van der Waals surface area contributed by atoms with Crippen molar-refractivity contribution in [3.8, 4) is 0 Å². The van der Waals surface area contributed by atoms with Gasteiger partial charge in [0.05, 0.1) is 16.8 Å². The van der Waals surface area contributed by atoms with Crippen molar-refractivity contribution in [1.82, 2.24) is 4.90 Å². The van der Waals surface area contributed by atoms with E-state index in [9.17, 15) is 14.7 Å². The minimum absolute atomic E-state index is 0.0665. The number of carboxylic acids is 1. The number of carbonyl (C=O) groups excluding carboxylic acids is 1. The number of rotatable bonds is 8. The fraction of sp³-hybridized carbons (Fsp3) is 0.556. The van der Waals surface area contributed by atoms with Crippen LogP contribution in [0.4, 0.5) is 4.79 Å². The Balaban J connectivity index is 2.17. The van der Waals surface area contributed by atoms with E-state index in [2.05, 4.69) is 26.0 Å². The molecule has 5 nitrogen and oxygen atoms in total. The van der Waals surface area contributed by atoms with Gasteiger partial charge in [-0.15, -0.1) is 11.8 Å². The number of hydrogen-bond donors (Lipinski definition) is 1. The van der Waals surface area contributed by atoms with E-state index in [0.717, 1.165) is 11.3 Å². The lowest BCUT2D eigenvalue weighted by molar-refractivity contribution is -0.140. The molecule has 0 aliphatic carbocycles. The maximum Gasteiger partial charge on any atom is 0.411 e. The summed E-state index contributed by atoms with van der Waals surface area (Å²) in [5.41, 5.74) is 0.451. The molecule has 0 bridgehead atoms. The molecule has 1 saturated heterocycles. The third-order valence-corrected chi connectivity index (χ3v) is 7.03. The third kappa shape index (κ3) is 8.26. The van der Waals surface area contributed by atoms with Gasteiger partial charge in [0.2, 0.25) is 0 Å². The van der Waals surface area contributed by atoms with E-state index in [-0.39, 0.29) is 22.9 Å². The van der Waals surface area contributed by atoms with Gasteiger partial charge in [0.25, 0.3) is 0 Å². The third-order valence-electron chi connectivity index (χ3n) is 5.62. The van der Waals surface area contributed by atoms with Crippen molar-refractivity contribution in [3.05, 3.63) is 60.2 Å². The minimum atomic E-state index is -0.827. The lowest BCUT2D eigenvalue weighted by Gasteiger charge is -2.35. The molecule has 0 saturated carbocycles. The van der Waals surface area contributed by atoms with Gasteiger partial charge in [-0.2, -0.15) is 0 Å². The Kier molecular flexibility index (Phi) is 9.24. The van der Waals surface area contributed by atoms with Crippen molar-refractivity contribution in [2.75, 3.05) is 5.75 Å². The maximum absolute atomic E-state index is 12.9. The Morgan fingerprint density at radius 1 is 1.18 bits per heavy atom. The second-order valence-corrected chi connectivity index (χ2v) is 12.0. The van der Waals surface area contributed by atoms with Crippen LogP contribution in [0.3, 0.4) is 0 Å². The molecule has 0 spiro atoms. The molecule has 1 heterocycles. The number of allylic oxidation sites excluding steroid dienone is 2. The van der Waals surface area contributed by atoms with Crippen LogP contribution >= 0.6 is 11.8 Å². The Morgan fingerprint density at radius 3 is 2.36 bits per heavy atom. The van der Waals surface area contributed by atoms with Crippen molar-refractivity contribution in [1.29, 1.82) is 0 Å². The first-order chi connectivity index (χ1) is 15.3. The highest BCUT2D eigenvalue weighted by Gasteiger charge is 2.44. The largest absolute Gasteiger partial charge is 0.481 e. The average Bonchev–Trinajstić information content (AvgIpc) is 3.00. The molecule has 0 radical (unpaired) electrons. The first kappa shape index (κ1) is 27.0. The highest BCUT2D eigenvalue weighted by Crippen LogP contribution is 2.40. The highest BCUT2D eigenvalue weighted by atomic mass is 32.2. The number of carboxylic acid groups (broad SMARTS) is 1. The van der Waals surface area contributed by atoms with Gasteiger partial charge in [0, 0.05) is 5.75 Å². The first-order valence-corrected chi connectivity index (χ1v) is 12.6. The smallest absolute Gasteiger partial charge is 0.411 e. The summed E-state index contributed by atoms with van der Waals surface area (Å²) in [6.45, 7) is 13.9. The molecule has 1 aromatic rings. The standard InChI is InChI=1S/C27H39NO4S/c1-19(2)21(13-14-22(24(29)30)17-20-11-9-8-10-12-20)15-16-23-18-33-27(6,7)28(23)25(31)32-26(3,4)5/h8-16,19,21-23H,17-18H2,1-7H3,(H,29,30)/b14-13+,16-15+/t21-,22-,23+/m0/s1. The summed E-state index contributed by atoms with van der Waals surface area (Å²) in [5, 5.41) is 9.70. The Morgan fingerprint density at radius 2 is 1.82 bits per heavy atom. The van der Waals surface area contributed by atoms with Crippen LogP contribution in [0.2, 0.25) is 0 Å². The monoisotopic (exact) mass is 473 g/mol. The fourth-order valence-corrected chi connectivity index (χ4v) is 4.96. The number of ether oxygens (including phenoxy) is 1. The summed E-state index contributed by atoms with van der Waals surface area (Å²) < 4.78 is 5.66. The van der Waals surface area contributed by atoms with Crippen LogP contribution in [0.25, 0.3) is 0 Å². The molecule has 0 unspecified atom stereocenters. The number of aliphatic carboxylic acids is 1. The van der Waals surface area contributed by atoms with Gasteiger partial charge in [-0.1, -0.05) is 68.5 Å². The molecule has 3 atom stereocenters. The fourth-order valence-electron chi connectivity index (χ4n) is 3.77. The zero-order valence-electron chi connectivity index (χ0n) is 20.9. The minimum Gasteiger partial charge on any atom is -0.481 e. The van der Waals surface area contributed by atoms with Gasteiger partial charge in [-0.05, 0) is 58.4 Å². The van der Waals surface area contributed by atoms with Gasteiger partial charge in [-0.3, -0.25) is 9.69 Å². The van der Waals surface area contributed by atoms with Gasteiger partial charge in [0.1, 0.15) is 5.60 Å². The van der Waals surface area contributed by atoms with E-state index in [0.29, 0.717) is 12.3 Å². The average molecular weight is 474 g/mol. The topological polar surface area (TPSA) is 66.8 Å². The van der Waals surface area contributed by atoms with Crippen LogP contribution in [-0.2, 0) is 16.0 Å². The van der Waals surface area contributed by atoms with Crippen molar-refractivity contribution in [3.63, 3.8) is 0 Å². The molecular formula is C27H39NO4S. The second-order valence-electron chi connectivity index (χ2n) is 10.4. The predicted molar refractivity (Wildman–Crippen MR) is 136 cm³/mol. The second kappa shape index (κ2) is 11.3. The Hall–Kier alpha value is -2.21. The molecule has 1 aliphatic rings. The quantitative estimate of drug-likeness (QED) is 0.442. The molecular weight excluding hydrogens is 434 g/mol. The van der Waals surface area contributed by atoms with Crippen molar-refractivity contribution < 1.29 is 19.4 Å².